The highest BCUT2D eigenvalue weighted by Gasteiger charge is 2.17. The molecule has 10 heteroatoms. The van der Waals surface area contributed by atoms with Crippen LogP contribution in [0.15, 0.2) is 108 Å². The average Bonchev–Trinajstić information content (AvgIpc) is 2.95. The van der Waals surface area contributed by atoms with Crippen molar-refractivity contribution in [1.82, 2.24) is 5.32 Å². The second-order valence-corrected chi connectivity index (χ2v) is 9.77. The van der Waals surface area contributed by atoms with Crippen molar-refractivity contribution in [3.8, 4) is 0 Å². The lowest BCUT2D eigenvalue weighted by Gasteiger charge is -2.13. The number of carbonyl (C=O) groups is 3. The molecule has 0 radical (unpaired) electrons. The van der Waals surface area contributed by atoms with Crippen LogP contribution in [0.4, 0.5) is 20.2 Å². The van der Waals surface area contributed by atoms with Gasteiger partial charge in [0.2, 0.25) is 5.91 Å². The number of halogens is 3. The molecular formula is C30H22ClF2N3O3S. The van der Waals surface area contributed by atoms with E-state index in [4.69, 9.17) is 11.6 Å². The highest BCUT2D eigenvalue weighted by Crippen LogP contribution is 2.24. The zero-order valence-corrected chi connectivity index (χ0v) is 22.4. The quantitative estimate of drug-likeness (QED) is 0.152. The van der Waals surface area contributed by atoms with Gasteiger partial charge in [0, 0.05) is 21.7 Å². The summed E-state index contributed by atoms with van der Waals surface area (Å²) in [5.74, 6) is -2.90. The van der Waals surface area contributed by atoms with Crippen molar-refractivity contribution in [3.63, 3.8) is 0 Å². The third-order valence-corrected chi connectivity index (χ3v) is 6.75. The van der Waals surface area contributed by atoms with E-state index in [1.165, 1.54) is 54.2 Å². The number of hydrogen-bond acceptors (Lipinski definition) is 4. The van der Waals surface area contributed by atoms with Gasteiger partial charge in [-0.25, -0.2) is 8.78 Å². The maximum atomic E-state index is 14.5. The second-order valence-electron chi connectivity index (χ2n) is 8.31. The minimum atomic E-state index is -0.719. The first kappa shape index (κ1) is 28.5. The summed E-state index contributed by atoms with van der Waals surface area (Å²) in [4.78, 5) is 39.0. The molecule has 0 aliphatic carbocycles. The Kier molecular flexibility index (Phi) is 9.66. The van der Waals surface area contributed by atoms with Crippen molar-refractivity contribution in [2.45, 2.75) is 4.90 Å². The highest BCUT2D eigenvalue weighted by atomic mass is 35.5. The van der Waals surface area contributed by atoms with Crippen LogP contribution in [-0.4, -0.2) is 23.5 Å². The SMILES string of the molecule is O=C(CSc1cccc(NC(=O)/C(=C\c2c(F)cccc2Cl)NC(=O)c2ccccc2)c1)Nc1ccccc1F. The van der Waals surface area contributed by atoms with E-state index in [-0.39, 0.29) is 27.7 Å². The van der Waals surface area contributed by atoms with Crippen LogP contribution in [0.1, 0.15) is 15.9 Å². The molecule has 3 amide bonds. The molecule has 0 saturated heterocycles. The largest absolute Gasteiger partial charge is 0.323 e. The first-order valence-electron chi connectivity index (χ1n) is 11.9. The fourth-order valence-corrected chi connectivity index (χ4v) is 4.47. The molecule has 0 aliphatic heterocycles. The summed E-state index contributed by atoms with van der Waals surface area (Å²) in [6, 6.07) is 24.8. The number of hydrogen-bond donors (Lipinski definition) is 3. The minimum Gasteiger partial charge on any atom is -0.323 e. The van der Waals surface area contributed by atoms with Gasteiger partial charge in [-0.3, -0.25) is 14.4 Å². The van der Waals surface area contributed by atoms with Gasteiger partial charge in [-0.1, -0.05) is 54.1 Å². The van der Waals surface area contributed by atoms with Crippen LogP contribution in [0.25, 0.3) is 6.08 Å². The summed E-state index contributed by atoms with van der Waals surface area (Å²) < 4.78 is 28.3. The summed E-state index contributed by atoms with van der Waals surface area (Å²) in [6.07, 6.45) is 1.17. The zero-order chi connectivity index (χ0) is 28.5. The summed E-state index contributed by atoms with van der Waals surface area (Å²) in [7, 11) is 0. The lowest BCUT2D eigenvalue weighted by Crippen LogP contribution is -2.30. The van der Waals surface area contributed by atoms with Crippen LogP contribution in [0.3, 0.4) is 0 Å². The number of amides is 3. The van der Waals surface area contributed by atoms with Crippen LogP contribution < -0.4 is 16.0 Å². The molecule has 0 aliphatic rings. The fraction of sp³-hybridized carbons (Fsp3) is 0.0333. The van der Waals surface area contributed by atoms with Gasteiger partial charge in [-0.15, -0.1) is 11.8 Å². The lowest BCUT2D eigenvalue weighted by atomic mass is 10.1. The average molecular weight is 578 g/mol. The monoisotopic (exact) mass is 577 g/mol. The molecular weight excluding hydrogens is 556 g/mol. The van der Waals surface area contributed by atoms with E-state index in [1.54, 1.807) is 60.7 Å². The van der Waals surface area contributed by atoms with E-state index < -0.39 is 29.4 Å². The van der Waals surface area contributed by atoms with E-state index in [0.29, 0.717) is 16.1 Å². The lowest BCUT2D eigenvalue weighted by molar-refractivity contribution is -0.114. The molecule has 0 spiro atoms. The number of thioether (sulfide) groups is 1. The van der Waals surface area contributed by atoms with Crippen molar-refractivity contribution in [2.24, 2.45) is 0 Å². The van der Waals surface area contributed by atoms with Gasteiger partial charge in [0.05, 0.1) is 16.5 Å². The predicted molar refractivity (Wildman–Crippen MR) is 154 cm³/mol. The third-order valence-electron chi connectivity index (χ3n) is 5.43. The van der Waals surface area contributed by atoms with Crippen molar-refractivity contribution < 1.29 is 23.2 Å². The molecule has 0 aromatic heterocycles. The number of para-hydroxylation sites is 1. The van der Waals surface area contributed by atoms with E-state index in [2.05, 4.69) is 16.0 Å². The zero-order valence-electron chi connectivity index (χ0n) is 20.8. The van der Waals surface area contributed by atoms with Gasteiger partial charge >= 0.3 is 0 Å². The number of carbonyl (C=O) groups excluding carboxylic acids is 3. The van der Waals surface area contributed by atoms with Crippen LogP contribution in [0.2, 0.25) is 5.02 Å². The molecule has 3 N–H and O–H groups in total. The molecule has 0 unspecified atom stereocenters. The molecule has 0 atom stereocenters. The molecule has 4 aromatic rings. The number of benzene rings is 4. The van der Waals surface area contributed by atoms with Crippen LogP contribution in [0.5, 0.6) is 0 Å². The molecule has 6 nitrogen and oxygen atoms in total. The van der Waals surface area contributed by atoms with Gasteiger partial charge in [-0.2, -0.15) is 0 Å². The van der Waals surface area contributed by atoms with Gasteiger partial charge in [0.15, 0.2) is 0 Å². The maximum Gasteiger partial charge on any atom is 0.272 e. The Bertz CT molecular complexity index is 1560. The molecule has 0 fully saturated rings. The minimum absolute atomic E-state index is 0.00416. The number of anilines is 2. The molecule has 40 heavy (non-hydrogen) atoms. The third kappa shape index (κ3) is 7.78. The topological polar surface area (TPSA) is 87.3 Å². The first-order valence-corrected chi connectivity index (χ1v) is 13.3. The van der Waals surface area contributed by atoms with Gasteiger partial charge in [0.1, 0.15) is 17.3 Å². The van der Waals surface area contributed by atoms with Gasteiger partial charge in [-0.05, 0) is 60.7 Å². The summed E-state index contributed by atoms with van der Waals surface area (Å²) in [6.45, 7) is 0. The molecule has 0 saturated carbocycles. The Balaban J connectivity index is 1.49. The normalized spacial score (nSPS) is 11.0. The molecule has 4 rings (SSSR count). The van der Waals surface area contributed by atoms with E-state index in [1.807, 2.05) is 0 Å². The maximum absolute atomic E-state index is 14.5. The van der Waals surface area contributed by atoms with Gasteiger partial charge in [0.25, 0.3) is 11.8 Å². The Morgan fingerprint density at radius 3 is 2.25 bits per heavy atom. The van der Waals surface area contributed by atoms with E-state index in [9.17, 15) is 23.2 Å². The molecule has 0 bridgehead atoms. The van der Waals surface area contributed by atoms with Gasteiger partial charge < -0.3 is 16.0 Å². The van der Waals surface area contributed by atoms with Crippen LogP contribution in [-0.2, 0) is 9.59 Å². The second kappa shape index (κ2) is 13.5. The Morgan fingerprint density at radius 1 is 0.800 bits per heavy atom. The number of nitrogens with one attached hydrogen (secondary N) is 3. The Labute approximate surface area is 238 Å². The Hall–Kier alpha value is -4.47. The summed E-state index contributed by atoms with van der Waals surface area (Å²) in [5.41, 5.74) is 0.453. The Morgan fingerprint density at radius 2 is 1.50 bits per heavy atom. The van der Waals surface area contributed by atoms with Crippen molar-refractivity contribution >= 4 is 58.5 Å². The molecule has 0 heterocycles. The highest BCUT2D eigenvalue weighted by molar-refractivity contribution is 8.00. The first-order chi connectivity index (χ1) is 19.3. The van der Waals surface area contributed by atoms with Crippen molar-refractivity contribution in [3.05, 3.63) is 131 Å². The van der Waals surface area contributed by atoms with Crippen LogP contribution in [0, 0.1) is 11.6 Å². The van der Waals surface area contributed by atoms with E-state index in [0.717, 1.165) is 0 Å². The molecule has 202 valence electrons. The van der Waals surface area contributed by atoms with Crippen molar-refractivity contribution in [2.75, 3.05) is 16.4 Å². The van der Waals surface area contributed by atoms with Crippen LogP contribution >= 0.6 is 23.4 Å². The predicted octanol–water partition coefficient (Wildman–Crippen LogP) is 6.76. The summed E-state index contributed by atoms with van der Waals surface area (Å²) in [5, 5.41) is 7.79. The van der Waals surface area contributed by atoms with Crippen molar-refractivity contribution in [1.29, 1.82) is 0 Å². The van der Waals surface area contributed by atoms with E-state index >= 15 is 0 Å². The fourth-order valence-electron chi connectivity index (χ4n) is 3.50. The number of rotatable bonds is 9. The molecule has 4 aromatic carbocycles. The smallest absolute Gasteiger partial charge is 0.272 e. The standard InChI is InChI=1S/C30H22ClF2N3O3S/c31-23-12-7-14-24(32)22(23)17-27(36-29(38)19-8-2-1-3-9-19)30(39)34-20-10-6-11-21(16-20)40-18-28(37)35-26-15-5-4-13-25(26)33/h1-17H,18H2,(H,34,39)(H,35,37)(H,36,38)/b27-17+. The summed E-state index contributed by atoms with van der Waals surface area (Å²) >= 11 is 7.33.